The van der Waals surface area contributed by atoms with Crippen molar-refractivity contribution in [3.8, 4) is 0 Å². The summed E-state index contributed by atoms with van der Waals surface area (Å²) in [4.78, 5) is 2.50. The summed E-state index contributed by atoms with van der Waals surface area (Å²) in [6.45, 7) is 8.34. The molecule has 1 saturated heterocycles. The van der Waals surface area contributed by atoms with Crippen LogP contribution >= 0.6 is 0 Å². The van der Waals surface area contributed by atoms with Crippen LogP contribution in [0.5, 0.6) is 0 Å². The molecule has 0 spiro atoms. The van der Waals surface area contributed by atoms with Crippen LogP contribution in [0.3, 0.4) is 0 Å². The van der Waals surface area contributed by atoms with E-state index in [1.807, 2.05) is 0 Å². The molecular weight excluding hydrogens is 200 g/mol. The third-order valence-electron chi connectivity index (χ3n) is 3.73. The molecule has 0 bridgehead atoms. The fraction of sp³-hybridized carbons (Fsp3) is 1.00. The summed E-state index contributed by atoms with van der Waals surface area (Å²) in [5, 5.41) is 0. The maximum absolute atomic E-state index is 5.74. The average molecular weight is 228 g/mol. The van der Waals surface area contributed by atoms with E-state index in [4.69, 9.17) is 10.5 Å². The minimum atomic E-state index is 0.302. The van der Waals surface area contributed by atoms with Crippen LogP contribution in [-0.4, -0.2) is 44.3 Å². The van der Waals surface area contributed by atoms with Gasteiger partial charge in [0.05, 0.1) is 0 Å². The maximum Gasteiger partial charge on any atom is 0.0480 e. The number of rotatable bonds is 6. The van der Waals surface area contributed by atoms with Gasteiger partial charge in [0, 0.05) is 19.3 Å². The van der Waals surface area contributed by atoms with Gasteiger partial charge in [0.2, 0.25) is 0 Å². The first-order valence-electron chi connectivity index (χ1n) is 6.53. The predicted octanol–water partition coefficient (Wildman–Crippen LogP) is 1.86. The quantitative estimate of drug-likeness (QED) is 0.754. The van der Waals surface area contributed by atoms with Gasteiger partial charge < -0.3 is 15.4 Å². The summed E-state index contributed by atoms with van der Waals surface area (Å²) in [6, 6.07) is 0.731. The Bertz CT molecular complexity index is 188. The van der Waals surface area contributed by atoms with E-state index in [1.165, 1.54) is 32.2 Å². The lowest BCUT2D eigenvalue weighted by atomic mass is 9.88. The summed E-state index contributed by atoms with van der Waals surface area (Å²) >= 11 is 0. The molecule has 0 aromatic rings. The molecular formula is C13H28N2O. The van der Waals surface area contributed by atoms with Crippen LogP contribution < -0.4 is 5.73 Å². The summed E-state index contributed by atoms with van der Waals surface area (Å²) in [6.07, 6.45) is 4.85. The number of ether oxygens (including phenoxy) is 1. The van der Waals surface area contributed by atoms with Crippen LogP contribution in [0.1, 0.15) is 39.5 Å². The Balaban J connectivity index is 2.16. The highest BCUT2D eigenvalue weighted by molar-refractivity contribution is 4.74. The Kier molecular flexibility index (Phi) is 5.73. The lowest BCUT2D eigenvalue weighted by Gasteiger charge is -2.32. The molecule has 96 valence electrons. The van der Waals surface area contributed by atoms with Gasteiger partial charge in [-0.25, -0.2) is 0 Å². The third-order valence-corrected chi connectivity index (χ3v) is 3.73. The first-order valence-corrected chi connectivity index (χ1v) is 6.53. The second kappa shape index (κ2) is 6.58. The maximum atomic E-state index is 5.74. The summed E-state index contributed by atoms with van der Waals surface area (Å²) in [5.74, 6) is 0. The van der Waals surface area contributed by atoms with Crippen LogP contribution in [-0.2, 0) is 4.74 Å². The van der Waals surface area contributed by atoms with Gasteiger partial charge >= 0.3 is 0 Å². The topological polar surface area (TPSA) is 38.5 Å². The smallest absolute Gasteiger partial charge is 0.0480 e. The first kappa shape index (κ1) is 13.9. The SMILES string of the molecule is CN(CCCC(C)(C)CN)C1CCOCC1. The van der Waals surface area contributed by atoms with Crippen molar-refractivity contribution in [3.05, 3.63) is 0 Å². The van der Waals surface area contributed by atoms with E-state index in [0.717, 1.165) is 25.8 Å². The van der Waals surface area contributed by atoms with E-state index in [0.29, 0.717) is 5.41 Å². The van der Waals surface area contributed by atoms with Crippen LogP contribution in [0, 0.1) is 5.41 Å². The molecule has 0 radical (unpaired) electrons. The Labute approximate surface area is 100 Å². The van der Waals surface area contributed by atoms with E-state index in [9.17, 15) is 0 Å². The second-order valence-corrected chi connectivity index (χ2v) is 5.80. The van der Waals surface area contributed by atoms with Gasteiger partial charge in [-0.05, 0) is 51.2 Å². The Morgan fingerprint density at radius 2 is 1.94 bits per heavy atom. The van der Waals surface area contributed by atoms with Crippen molar-refractivity contribution >= 4 is 0 Å². The van der Waals surface area contributed by atoms with Crippen LogP contribution in [0.15, 0.2) is 0 Å². The largest absolute Gasteiger partial charge is 0.381 e. The van der Waals surface area contributed by atoms with Crippen LogP contribution in [0.4, 0.5) is 0 Å². The monoisotopic (exact) mass is 228 g/mol. The molecule has 3 nitrogen and oxygen atoms in total. The number of nitrogens with two attached hydrogens (primary N) is 1. The molecule has 0 saturated carbocycles. The standard InChI is InChI=1S/C13H28N2O/c1-13(2,11-14)7-4-8-15(3)12-5-9-16-10-6-12/h12H,4-11,14H2,1-3H3. The fourth-order valence-electron chi connectivity index (χ4n) is 2.22. The van der Waals surface area contributed by atoms with E-state index in [1.54, 1.807) is 0 Å². The van der Waals surface area contributed by atoms with Crippen molar-refractivity contribution in [1.82, 2.24) is 4.90 Å². The molecule has 1 heterocycles. The third kappa shape index (κ3) is 4.81. The lowest BCUT2D eigenvalue weighted by Crippen LogP contribution is -2.37. The Morgan fingerprint density at radius 3 is 2.50 bits per heavy atom. The summed E-state index contributed by atoms with van der Waals surface area (Å²) in [7, 11) is 2.24. The lowest BCUT2D eigenvalue weighted by molar-refractivity contribution is 0.0418. The van der Waals surface area contributed by atoms with Crippen molar-refractivity contribution < 1.29 is 4.74 Å². The molecule has 0 aromatic carbocycles. The molecule has 0 aromatic heterocycles. The van der Waals surface area contributed by atoms with Gasteiger partial charge in [-0.15, -0.1) is 0 Å². The van der Waals surface area contributed by atoms with Gasteiger partial charge in [0.1, 0.15) is 0 Å². The van der Waals surface area contributed by atoms with Crippen LogP contribution in [0.25, 0.3) is 0 Å². The normalized spacial score (nSPS) is 19.3. The molecule has 0 atom stereocenters. The zero-order valence-corrected chi connectivity index (χ0v) is 11.2. The van der Waals surface area contributed by atoms with E-state index >= 15 is 0 Å². The highest BCUT2D eigenvalue weighted by Crippen LogP contribution is 2.21. The van der Waals surface area contributed by atoms with Gasteiger partial charge in [0.25, 0.3) is 0 Å². The molecule has 2 N–H and O–H groups in total. The highest BCUT2D eigenvalue weighted by Gasteiger charge is 2.19. The van der Waals surface area contributed by atoms with Crippen molar-refractivity contribution in [3.63, 3.8) is 0 Å². The van der Waals surface area contributed by atoms with Gasteiger partial charge in [0.15, 0.2) is 0 Å². The van der Waals surface area contributed by atoms with Gasteiger partial charge in [-0.3, -0.25) is 0 Å². The van der Waals surface area contributed by atoms with E-state index < -0.39 is 0 Å². The first-order chi connectivity index (χ1) is 7.55. The molecule has 16 heavy (non-hydrogen) atoms. The molecule has 0 aliphatic carbocycles. The molecule has 0 unspecified atom stereocenters. The predicted molar refractivity (Wildman–Crippen MR) is 68.5 cm³/mol. The molecule has 1 aliphatic rings. The van der Waals surface area contributed by atoms with Gasteiger partial charge in [-0.1, -0.05) is 13.8 Å². The number of hydrogen-bond donors (Lipinski definition) is 1. The second-order valence-electron chi connectivity index (χ2n) is 5.80. The number of hydrogen-bond acceptors (Lipinski definition) is 3. The molecule has 3 heteroatoms. The van der Waals surface area contributed by atoms with Crippen molar-refractivity contribution in [1.29, 1.82) is 0 Å². The van der Waals surface area contributed by atoms with Crippen molar-refractivity contribution in [2.45, 2.75) is 45.6 Å². The Hall–Kier alpha value is -0.120. The Morgan fingerprint density at radius 1 is 1.31 bits per heavy atom. The fourth-order valence-corrected chi connectivity index (χ4v) is 2.22. The summed E-state index contributed by atoms with van der Waals surface area (Å²) in [5.41, 5.74) is 6.04. The zero-order chi connectivity index (χ0) is 12.0. The van der Waals surface area contributed by atoms with E-state index in [2.05, 4.69) is 25.8 Å². The zero-order valence-electron chi connectivity index (χ0n) is 11.2. The average Bonchev–Trinajstić information content (AvgIpc) is 2.30. The number of nitrogens with zero attached hydrogens (tertiary/aromatic N) is 1. The minimum absolute atomic E-state index is 0.302. The molecule has 1 fully saturated rings. The highest BCUT2D eigenvalue weighted by atomic mass is 16.5. The van der Waals surface area contributed by atoms with Crippen molar-refractivity contribution in [2.24, 2.45) is 11.1 Å². The molecule has 1 rings (SSSR count). The molecule has 0 amide bonds. The molecule has 1 aliphatic heterocycles. The van der Waals surface area contributed by atoms with Gasteiger partial charge in [-0.2, -0.15) is 0 Å². The summed E-state index contributed by atoms with van der Waals surface area (Å²) < 4.78 is 5.38. The van der Waals surface area contributed by atoms with Crippen LogP contribution in [0.2, 0.25) is 0 Å². The van der Waals surface area contributed by atoms with Crippen molar-refractivity contribution in [2.75, 3.05) is 33.4 Å². The minimum Gasteiger partial charge on any atom is -0.381 e. The van der Waals surface area contributed by atoms with E-state index in [-0.39, 0.29) is 0 Å².